The molecule has 0 aliphatic rings. The molecule has 0 amide bonds. The fraction of sp³-hybridized carbons (Fsp3) is 0. The van der Waals surface area contributed by atoms with Crippen molar-refractivity contribution in [2.45, 2.75) is 0 Å². The van der Waals surface area contributed by atoms with Gasteiger partial charge in [-0.3, -0.25) is 0 Å². The van der Waals surface area contributed by atoms with Crippen LogP contribution in [0.2, 0.25) is 0 Å². The molecule has 0 radical (unpaired) electrons. The normalized spacial score (nSPS) is 5.83. The molecule has 30 heavy (non-hydrogen) atoms. The first kappa shape index (κ1) is 58.9. The van der Waals surface area contributed by atoms with E-state index in [0.29, 0.717) is 0 Å². The van der Waals surface area contributed by atoms with Gasteiger partial charge in [0.05, 0.1) is 0 Å². The van der Waals surface area contributed by atoms with Gasteiger partial charge in [-0.1, -0.05) is 0 Å². The molecule has 0 atom stereocenters. The Morgan fingerprint density at radius 3 is 0.267 bits per heavy atom. The molecule has 0 aromatic carbocycles. The molecular weight excluding hydrogens is 828 g/mol. The monoisotopic (exact) mass is 829 g/mol. The van der Waals surface area contributed by atoms with Crippen molar-refractivity contribution in [1.82, 2.24) is 0 Å². The van der Waals surface area contributed by atoms with Gasteiger partial charge in [0, 0.05) is 21.1 Å². The molecule has 0 aromatic rings. The van der Waals surface area contributed by atoms with Crippen molar-refractivity contribution >= 4 is 0 Å². The minimum atomic E-state index is -3.94. The summed E-state index contributed by atoms with van der Waals surface area (Å²) >= 11 is -27.6. The molecule has 0 spiro atoms. The van der Waals surface area contributed by atoms with E-state index >= 15 is 0 Å². The summed E-state index contributed by atoms with van der Waals surface area (Å²) in [4.78, 5) is 0. The average molecular weight is 828 g/mol. The van der Waals surface area contributed by atoms with Crippen molar-refractivity contribution in [3.05, 3.63) is 0 Å². The van der Waals surface area contributed by atoms with Crippen molar-refractivity contribution < 1.29 is 260 Å². The quantitative estimate of drug-likeness (QED) is 0.205. The standard InChI is InChI=1S/K.Mo.21O.7V/q+1;;;;;;;;;;;;;;;;7*-1;;;;;;;. The van der Waals surface area contributed by atoms with E-state index in [1.165, 1.54) is 0 Å². The molecule has 0 N–H and O–H groups in total. The van der Waals surface area contributed by atoms with E-state index in [1.54, 1.807) is 0 Å². The molecule has 21 nitrogen and oxygen atoms in total. The first-order chi connectivity index (χ1) is 12.1. The maximum absolute atomic E-state index is 8.56. The van der Waals surface area contributed by atoms with Crippen LogP contribution in [-0.4, -0.2) is 0 Å². The molecule has 0 aromatic heterocycles. The predicted molar refractivity (Wildman–Crippen MR) is 9.61 cm³/mol. The topological polar surface area (TPSA) is 400 Å². The predicted octanol–water partition coefficient (Wildman–Crippen LogP) is -13.0. The van der Waals surface area contributed by atoms with Crippen LogP contribution in [0.3, 0.4) is 0 Å². The van der Waals surface area contributed by atoms with E-state index in [9.17, 15) is 0 Å². The first-order valence-electron chi connectivity index (χ1n) is 3.83. The molecule has 174 valence electrons. The molecule has 0 heterocycles. The van der Waals surface area contributed by atoms with Crippen LogP contribution in [0.25, 0.3) is 0 Å². The summed E-state index contributed by atoms with van der Waals surface area (Å²) in [6, 6.07) is 0. The Hall–Kier alpha value is 3.34. The molecule has 0 aliphatic heterocycles. The molecule has 0 saturated heterocycles. The van der Waals surface area contributed by atoms with Crippen LogP contribution < -0.4 is 79.6 Å². The molecule has 0 bridgehead atoms. The van der Waals surface area contributed by atoms with Gasteiger partial charge < -0.3 is 0 Å². The van der Waals surface area contributed by atoms with Crippen molar-refractivity contribution in [1.29, 1.82) is 0 Å². The van der Waals surface area contributed by atoms with Crippen molar-refractivity contribution in [2.24, 2.45) is 0 Å². The molecule has 0 fully saturated rings. The van der Waals surface area contributed by atoms with Gasteiger partial charge in [0.2, 0.25) is 0 Å². The van der Waals surface area contributed by atoms with Crippen LogP contribution in [-0.2, 0) is 180 Å². The van der Waals surface area contributed by atoms with Crippen molar-refractivity contribution in [3.8, 4) is 0 Å². The van der Waals surface area contributed by atoms with Gasteiger partial charge in [0.15, 0.2) is 0 Å². The van der Waals surface area contributed by atoms with E-state index < -0.39 is 108 Å². The molecule has 0 saturated carbocycles. The Kier molecular flexibility index (Phi) is 105. The van der Waals surface area contributed by atoms with Gasteiger partial charge in [-0.2, -0.15) is 0 Å². The summed E-state index contributed by atoms with van der Waals surface area (Å²) in [5.41, 5.74) is 0. The van der Waals surface area contributed by atoms with Gasteiger partial charge in [-0.25, -0.2) is 0 Å². The van der Waals surface area contributed by atoms with E-state index in [1.807, 2.05) is 0 Å². The van der Waals surface area contributed by atoms with Crippen LogP contribution in [0, 0.1) is 0 Å². The maximum atomic E-state index is 8.56. The minimum absolute atomic E-state index is 0. The van der Waals surface area contributed by atoms with Crippen LogP contribution in [0.5, 0.6) is 0 Å². The summed E-state index contributed by atoms with van der Waals surface area (Å²) in [6.07, 6.45) is 0. The third-order valence-electron chi connectivity index (χ3n) is 0. The zero-order valence-electron chi connectivity index (χ0n) is 13.1. The second kappa shape index (κ2) is 53.6. The molecule has 0 rings (SSSR count). The zero-order chi connectivity index (χ0) is 25.0. The Labute approximate surface area is 254 Å². The van der Waals surface area contributed by atoms with Gasteiger partial charge >= 0.3 is 239 Å². The third kappa shape index (κ3) is 2590. The fourth-order valence-corrected chi connectivity index (χ4v) is 0. The SMILES string of the molecule is [K+].[Mo].[O]=[V](=[O])[O-].[O]=[V](=[O])[O-].[O]=[V](=[O])[O-].[O]=[V](=[O])[O-].[O]=[V](=[O])[O-].[O]=[V](=[O])[O-].[O]=[V](=[O])[O-]. The Morgan fingerprint density at radius 2 is 0.267 bits per heavy atom. The van der Waals surface area contributed by atoms with Gasteiger partial charge in [-0.15, -0.1) is 0 Å². The Bertz CT molecular complexity index is 571. The Balaban J connectivity index is -0.0000000242. The van der Waals surface area contributed by atoms with E-state index in [-0.39, 0.29) is 72.4 Å². The van der Waals surface area contributed by atoms with Gasteiger partial charge in [-0.05, 0) is 0 Å². The zero-order valence-corrected chi connectivity index (χ0v) is 28.0. The fourth-order valence-electron chi connectivity index (χ4n) is 0. The van der Waals surface area contributed by atoms with E-state index in [0.717, 1.165) is 0 Å². The number of hydrogen-bond acceptors (Lipinski definition) is 21. The van der Waals surface area contributed by atoms with Crippen LogP contribution in [0.1, 0.15) is 0 Å². The first-order valence-corrected chi connectivity index (χ1v) is 15.8. The van der Waals surface area contributed by atoms with Gasteiger partial charge in [0.1, 0.15) is 0 Å². The third-order valence-corrected chi connectivity index (χ3v) is 0. The molecule has 0 aliphatic carbocycles. The molecule has 30 heteroatoms. The van der Waals surface area contributed by atoms with E-state index in [4.69, 9.17) is 79.7 Å². The summed E-state index contributed by atoms with van der Waals surface area (Å²) < 4.78 is 180. The van der Waals surface area contributed by atoms with Crippen LogP contribution in [0.4, 0.5) is 0 Å². The van der Waals surface area contributed by atoms with Crippen molar-refractivity contribution in [2.75, 3.05) is 0 Å². The second-order valence-corrected chi connectivity index (χ2v) is 6.45. The van der Waals surface area contributed by atoms with Gasteiger partial charge in [0.25, 0.3) is 0 Å². The number of rotatable bonds is 0. The van der Waals surface area contributed by atoms with Crippen molar-refractivity contribution in [3.63, 3.8) is 0 Å². The molecular formula is KMoO21V7-6. The molecule has 0 unspecified atom stereocenters. The average Bonchev–Trinajstić information content (AvgIpc) is 2.20. The second-order valence-electron chi connectivity index (χ2n) is 1.57. The summed E-state index contributed by atoms with van der Waals surface area (Å²) in [7, 11) is 0. The number of hydrogen-bond donors (Lipinski definition) is 0. The van der Waals surface area contributed by atoms with E-state index in [2.05, 4.69) is 0 Å². The summed E-state index contributed by atoms with van der Waals surface area (Å²) in [5.74, 6) is 0. The summed E-state index contributed by atoms with van der Waals surface area (Å²) in [5, 5.41) is 0. The van der Waals surface area contributed by atoms with Crippen LogP contribution in [0.15, 0.2) is 0 Å². The van der Waals surface area contributed by atoms with Crippen LogP contribution >= 0.6 is 0 Å². The Morgan fingerprint density at radius 1 is 0.267 bits per heavy atom. The summed E-state index contributed by atoms with van der Waals surface area (Å²) in [6.45, 7) is 0.